The zero-order valence-electron chi connectivity index (χ0n) is 23.8. The average molecular weight is 736 g/mol. The van der Waals surface area contributed by atoms with E-state index in [4.69, 9.17) is 23.7 Å². The van der Waals surface area contributed by atoms with Crippen molar-refractivity contribution in [2.75, 3.05) is 0 Å². The quantitative estimate of drug-likeness (QED) is 0.105. The molecule has 1 aliphatic carbocycles. The van der Waals surface area contributed by atoms with E-state index in [0.717, 1.165) is 5.56 Å². The van der Waals surface area contributed by atoms with Gasteiger partial charge in [-0.1, -0.05) is 117 Å². The van der Waals surface area contributed by atoms with E-state index in [2.05, 4.69) is 31.9 Å². The number of carbonyl (C=O) groups is 3. The van der Waals surface area contributed by atoms with Crippen LogP contribution in [-0.4, -0.2) is 51.3 Å². The summed E-state index contributed by atoms with van der Waals surface area (Å²) in [5.41, 5.74) is 0.416. The van der Waals surface area contributed by atoms with Gasteiger partial charge >= 0.3 is 17.9 Å². The van der Waals surface area contributed by atoms with Crippen molar-refractivity contribution >= 4 is 49.8 Å². The second-order valence-corrected chi connectivity index (χ2v) is 14.5. The van der Waals surface area contributed by atoms with Crippen molar-refractivity contribution in [1.29, 1.82) is 0 Å². The third-order valence-corrected chi connectivity index (χ3v) is 9.56. The van der Waals surface area contributed by atoms with Crippen LogP contribution in [0.2, 0.25) is 0 Å². The van der Waals surface area contributed by atoms with Crippen LogP contribution in [0.15, 0.2) is 121 Å². The molecule has 2 aliphatic rings. The first kappa shape index (κ1) is 31.2. The predicted octanol–water partition coefficient (Wildman–Crippen LogP) is 6.86. The Morgan fingerprint density at radius 2 is 1.02 bits per heavy atom. The molecule has 0 bridgehead atoms. The monoisotopic (exact) mass is 734 g/mol. The van der Waals surface area contributed by atoms with Gasteiger partial charge in [-0.3, -0.25) is 0 Å². The van der Waals surface area contributed by atoms with Gasteiger partial charge in [0.05, 0.1) is 23.3 Å². The zero-order valence-corrected chi connectivity index (χ0v) is 27.0. The highest BCUT2D eigenvalue weighted by atomic mass is 79.9. The molecule has 0 radical (unpaired) electrons. The summed E-state index contributed by atoms with van der Waals surface area (Å²) in [4.78, 5) is 40.6. The molecule has 0 aromatic heterocycles. The van der Waals surface area contributed by atoms with Gasteiger partial charge in [-0.25, -0.2) is 14.4 Å². The standard InChI is InChI=1S/C35H28Br2O8/c36-35(37)22-34(35)29(44-32(40)26-19-11-4-12-20-26)27(42-30(38)24-15-7-2-8-16-24)28(43-31(39)25-17-9-3-10-18-25)33(45-34)41-21-23-13-5-1-6-14-23/h1-20,27-29,33H,21-22H2/t27-,28-,29+,33-,34?/m1/s1. The highest BCUT2D eigenvalue weighted by Crippen LogP contribution is 2.67. The highest BCUT2D eigenvalue weighted by Gasteiger charge is 2.78. The van der Waals surface area contributed by atoms with Crippen LogP contribution in [0.4, 0.5) is 0 Å². The Balaban J connectivity index is 1.41. The lowest BCUT2D eigenvalue weighted by Crippen LogP contribution is -2.64. The van der Waals surface area contributed by atoms with E-state index in [1.807, 2.05) is 30.3 Å². The van der Waals surface area contributed by atoms with Crippen LogP contribution in [0.25, 0.3) is 0 Å². The molecule has 0 N–H and O–H groups in total. The van der Waals surface area contributed by atoms with Gasteiger partial charge in [0.1, 0.15) is 8.83 Å². The van der Waals surface area contributed by atoms with E-state index in [1.54, 1.807) is 91.0 Å². The lowest BCUT2D eigenvalue weighted by atomic mass is 9.95. The fourth-order valence-corrected chi connectivity index (χ4v) is 6.71. The topological polar surface area (TPSA) is 97.4 Å². The highest BCUT2D eigenvalue weighted by molar-refractivity contribution is 9.25. The second kappa shape index (κ2) is 13.3. The molecule has 45 heavy (non-hydrogen) atoms. The molecule has 2 fully saturated rings. The number of rotatable bonds is 9. The predicted molar refractivity (Wildman–Crippen MR) is 171 cm³/mol. The Morgan fingerprint density at radius 3 is 1.47 bits per heavy atom. The third-order valence-electron chi connectivity index (χ3n) is 7.66. The van der Waals surface area contributed by atoms with Gasteiger partial charge in [0.2, 0.25) is 0 Å². The molecule has 1 unspecified atom stereocenters. The largest absolute Gasteiger partial charge is 0.451 e. The van der Waals surface area contributed by atoms with Crippen LogP contribution in [0, 0.1) is 0 Å². The zero-order chi connectivity index (χ0) is 31.4. The van der Waals surface area contributed by atoms with Gasteiger partial charge in [0.15, 0.2) is 24.6 Å². The molecule has 4 aromatic rings. The molecule has 6 rings (SSSR count). The Morgan fingerprint density at radius 1 is 0.622 bits per heavy atom. The molecule has 230 valence electrons. The van der Waals surface area contributed by atoms with Crippen LogP contribution in [0.1, 0.15) is 43.1 Å². The molecule has 0 amide bonds. The molecule has 10 heteroatoms. The maximum atomic E-state index is 13.6. The Bertz CT molecular complexity index is 1640. The summed E-state index contributed by atoms with van der Waals surface area (Å²) < 4.78 is 30.3. The van der Waals surface area contributed by atoms with Crippen molar-refractivity contribution in [3.8, 4) is 0 Å². The number of esters is 3. The van der Waals surface area contributed by atoms with Crippen molar-refractivity contribution < 1.29 is 38.1 Å². The Kier molecular flexibility index (Phi) is 9.18. The number of halogens is 2. The first-order valence-corrected chi connectivity index (χ1v) is 15.9. The molecular formula is C35H28Br2O8. The Hall–Kier alpha value is -3.83. The molecule has 1 saturated heterocycles. The Labute approximate surface area is 276 Å². The van der Waals surface area contributed by atoms with E-state index in [1.165, 1.54) is 0 Å². The van der Waals surface area contributed by atoms with E-state index < -0.39 is 51.3 Å². The van der Waals surface area contributed by atoms with E-state index >= 15 is 0 Å². The number of ether oxygens (including phenoxy) is 5. The minimum atomic E-state index is -1.33. The summed E-state index contributed by atoms with van der Waals surface area (Å²) in [6.45, 7) is 0.104. The summed E-state index contributed by atoms with van der Waals surface area (Å²) in [7, 11) is 0. The first-order valence-electron chi connectivity index (χ1n) is 14.3. The first-order chi connectivity index (χ1) is 21.8. The van der Waals surface area contributed by atoms with Crippen molar-refractivity contribution in [1.82, 2.24) is 0 Å². The molecule has 1 heterocycles. The van der Waals surface area contributed by atoms with Gasteiger partial charge < -0.3 is 23.7 Å². The molecular weight excluding hydrogens is 708 g/mol. The number of alkyl halides is 2. The van der Waals surface area contributed by atoms with E-state index in [9.17, 15) is 14.4 Å². The van der Waals surface area contributed by atoms with Crippen molar-refractivity contribution in [2.45, 2.75) is 46.5 Å². The number of benzene rings is 4. The van der Waals surface area contributed by atoms with Crippen LogP contribution >= 0.6 is 31.9 Å². The maximum absolute atomic E-state index is 13.6. The summed E-state index contributed by atoms with van der Waals surface area (Å²) in [6, 6.07) is 34.6. The maximum Gasteiger partial charge on any atom is 0.338 e. The SMILES string of the molecule is O=C(O[C@@H]1[C@@H](OC(=O)c2ccccc2)[C@H](OCc2ccccc2)OC2(CC2(Br)Br)[C@H]1OC(=O)c1ccccc1)c1ccccc1. The number of hydrogen-bond donors (Lipinski definition) is 0. The molecule has 8 nitrogen and oxygen atoms in total. The second-order valence-electron chi connectivity index (χ2n) is 10.7. The fraction of sp³-hybridized carbons (Fsp3) is 0.229. The van der Waals surface area contributed by atoms with Gasteiger partial charge in [-0.05, 0) is 42.0 Å². The lowest BCUT2D eigenvalue weighted by Gasteiger charge is -2.45. The molecule has 1 spiro atoms. The van der Waals surface area contributed by atoms with Crippen LogP contribution in [0.5, 0.6) is 0 Å². The van der Waals surface area contributed by atoms with Gasteiger partial charge in [0, 0.05) is 6.42 Å². The summed E-state index contributed by atoms with van der Waals surface area (Å²) in [5, 5.41) is 0. The van der Waals surface area contributed by atoms with Crippen molar-refractivity contribution in [3.63, 3.8) is 0 Å². The van der Waals surface area contributed by atoms with Crippen molar-refractivity contribution in [3.05, 3.63) is 144 Å². The summed E-state index contributed by atoms with van der Waals surface area (Å²) in [6.07, 6.45) is -4.78. The minimum Gasteiger partial charge on any atom is -0.451 e. The van der Waals surface area contributed by atoms with Crippen LogP contribution in [-0.2, 0) is 30.3 Å². The molecule has 1 saturated carbocycles. The van der Waals surface area contributed by atoms with Crippen LogP contribution < -0.4 is 0 Å². The lowest BCUT2D eigenvalue weighted by molar-refractivity contribution is -0.306. The number of hydrogen-bond acceptors (Lipinski definition) is 8. The molecule has 5 atom stereocenters. The minimum absolute atomic E-state index is 0.104. The molecule has 4 aromatic carbocycles. The van der Waals surface area contributed by atoms with E-state index in [-0.39, 0.29) is 23.3 Å². The van der Waals surface area contributed by atoms with Gasteiger partial charge in [0.25, 0.3) is 0 Å². The number of carbonyl (C=O) groups excluding carboxylic acids is 3. The third kappa shape index (κ3) is 6.74. The average Bonchev–Trinajstić information content (AvgIpc) is 3.63. The van der Waals surface area contributed by atoms with Crippen LogP contribution in [0.3, 0.4) is 0 Å². The summed E-state index contributed by atoms with van der Waals surface area (Å²) in [5.74, 6) is -2.05. The van der Waals surface area contributed by atoms with Crippen molar-refractivity contribution in [2.24, 2.45) is 0 Å². The van der Waals surface area contributed by atoms with Gasteiger partial charge in [-0.15, -0.1) is 0 Å². The summed E-state index contributed by atoms with van der Waals surface area (Å²) >= 11 is 7.32. The smallest absolute Gasteiger partial charge is 0.338 e. The van der Waals surface area contributed by atoms with E-state index in [0.29, 0.717) is 6.42 Å². The fourth-order valence-electron chi connectivity index (χ4n) is 5.24. The molecule has 1 aliphatic heterocycles. The normalized spacial score (nSPS) is 24.8. The van der Waals surface area contributed by atoms with Gasteiger partial charge in [-0.2, -0.15) is 0 Å².